The molecule has 0 bridgehead atoms. The zero-order valence-electron chi connectivity index (χ0n) is 17.0. The number of ether oxygens (including phenoxy) is 1. The number of benzene rings is 2. The van der Waals surface area contributed by atoms with Crippen molar-refractivity contribution < 1.29 is 14.3 Å². The van der Waals surface area contributed by atoms with E-state index in [4.69, 9.17) is 39.5 Å². The van der Waals surface area contributed by atoms with Crippen LogP contribution in [-0.2, 0) is 16.1 Å². The molecule has 0 fully saturated rings. The van der Waals surface area contributed by atoms with Crippen LogP contribution < -0.4 is 10.1 Å². The third kappa shape index (κ3) is 6.53. The Morgan fingerprint density at radius 1 is 1.00 bits per heavy atom. The number of hydrogen-bond acceptors (Lipinski definition) is 3. The van der Waals surface area contributed by atoms with Crippen molar-refractivity contribution in [3.05, 3.63) is 63.1 Å². The second-order valence-corrected chi connectivity index (χ2v) is 7.88. The monoisotopic (exact) mass is 470 g/mol. The summed E-state index contributed by atoms with van der Waals surface area (Å²) in [5, 5.41) is 4.11. The topological polar surface area (TPSA) is 58.6 Å². The Kier molecular flexibility index (Phi) is 9.76. The van der Waals surface area contributed by atoms with Gasteiger partial charge in [0.25, 0.3) is 5.91 Å². The molecule has 0 spiro atoms. The lowest BCUT2D eigenvalue weighted by Gasteiger charge is -2.31. The molecule has 0 radical (unpaired) electrons. The summed E-state index contributed by atoms with van der Waals surface area (Å²) in [6, 6.07) is 11.3. The van der Waals surface area contributed by atoms with Crippen molar-refractivity contribution in [2.75, 3.05) is 13.2 Å². The predicted octanol–water partition coefficient (Wildman–Crippen LogP) is 5.36. The summed E-state index contributed by atoms with van der Waals surface area (Å²) in [4.78, 5) is 27.3. The molecular weight excluding hydrogens is 447 g/mol. The van der Waals surface area contributed by atoms with Crippen molar-refractivity contribution in [1.82, 2.24) is 10.2 Å². The fraction of sp³-hybridized carbons (Fsp3) is 0.364. The highest BCUT2D eigenvalue weighted by molar-refractivity contribution is 6.36. The summed E-state index contributed by atoms with van der Waals surface area (Å²) < 4.78 is 5.61. The number of rotatable bonds is 10. The molecule has 2 aromatic carbocycles. The Balaban J connectivity index is 2.27. The standard InChI is InChI=1S/C22H25Cl3N2O3/c1-3-12-26-22(29)19(4-2)27(13-15-16(23)9-7-10-17(15)24)21(28)14-30-20-11-6-5-8-18(20)25/h5-11,19H,3-4,12-14H2,1-2H3,(H,26,29)/t19-/m1/s1. The number of carbonyl (C=O) groups excluding carboxylic acids is 2. The van der Waals surface area contributed by atoms with E-state index in [9.17, 15) is 9.59 Å². The summed E-state index contributed by atoms with van der Waals surface area (Å²) in [7, 11) is 0. The molecule has 2 aromatic rings. The summed E-state index contributed by atoms with van der Waals surface area (Å²) in [6.07, 6.45) is 1.22. The van der Waals surface area contributed by atoms with Crippen LogP contribution >= 0.6 is 34.8 Å². The van der Waals surface area contributed by atoms with Crippen molar-refractivity contribution in [2.24, 2.45) is 0 Å². The first kappa shape index (κ1) is 24.3. The molecule has 0 aliphatic rings. The van der Waals surface area contributed by atoms with Crippen molar-refractivity contribution in [1.29, 1.82) is 0 Å². The van der Waals surface area contributed by atoms with Crippen LogP contribution in [0, 0.1) is 0 Å². The molecule has 2 amide bonds. The number of nitrogens with one attached hydrogen (secondary N) is 1. The largest absolute Gasteiger partial charge is 0.482 e. The highest BCUT2D eigenvalue weighted by Gasteiger charge is 2.30. The van der Waals surface area contributed by atoms with Gasteiger partial charge in [0.2, 0.25) is 5.91 Å². The molecule has 8 heteroatoms. The van der Waals surface area contributed by atoms with Crippen LogP contribution in [0.3, 0.4) is 0 Å². The first-order valence-corrected chi connectivity index (χ1v) is 10.9. The lowest BCUT2D eigenvalue weighted by Crippen LogP contribution is -2.50. The average Bonchev–Trinajstić information content (AvgIpc) is 2.73. The van der Waals surface area contributed by atoms with E-state index in [2.05, 4.69) is 5.32 Å². The maximum absolute atomic E-state index is 13.1. The van der Waals surface area contributed by atoms with E-state index in [-0.39, 0.29) is 25.0 Å². The van der Waals surface area contributed by atoms with Gasteiger partial charge in [-0.15, -0.1) is 0 Å². The average molecular weight is 472 g/mol. The quantitative estimate of drug-likeness (QED) is 0.507. The van der Waals surface area contributed by atoms with Crippen LogP contribution in [0.15, 0.2) is 42.5 Å². The summed E-state index contributed by atoms with van der Waals surface area (Å²) in [5.41, 5.74) is 0.577. The van der Waals surface area contributed by atoms with E-state index in [1.54, 1.807) is 42.5 Å². The summed E-state index contributed by atoms with van der Waals surface area (Å²) in [5.74, 6) is -0.204. The molecule has 1 atom stereocenters. The Hall–Kier alpha value is -1.95. The minimum Gasteiger partial charge on any atom is -0.482 e. The van der Waals surface area contributed by atoms with Crippen LogP contribution in [0.4, 0.5) is 0 Å². The van der Waals surface area contributed by atoms with Crippen molar-refractivity contribution in [2.45, 2.75) is 39.3 Å². The van der Waals surface area contributed by atoms with Gasteiger partial charge < -0.3 is 15.0 Å². The molecule has 30 heavy (non-hydrogen) atoms. The SMILES string of the molecule is CCCNC(=O)[C@@H](CC)N(Cc1c(Cl)cccc1Cl)C(=O)COc1ccccc1Cl. The minimum atomic E-state index is -0.689. The van der Waals surface area contributed by atoms with Gasteiger partial charge in [-0.05, 0) is 37.1 Å². The van der Waals surface area contributed by atoms with Crippen LogP contribution in [0.2, 0.25) is 15.1 Å². The Bertz CT molecular complexity index is 856. The molecule has 0 aliphatic carbocycles. The van der Waals surface area contributed by atoms with Crippen molar-refractivity contribution >= 4 is 46.6 Å². The number of amides is 2. The molecule has 1 N–H and O–H groups in total. The van der Waals surface area contributed by atoms with E-state index < -0.39 is 6.04 Å². The number of nitrogens with zero attached hydrogens (tertiary/aromatic N) is 1. The normalized spacial score (nSPS) is 11.6. The van der Waals surface area contributed by atoms with Crippen LogP contribution in [-0.4, -0.2) is 35.9 Å². The Labute approximate surface area is 192 Å². The molecule has 2 rings (SSSR count). The third-order valence-electron chi connectivity index (χ3n) is 4.51. The Morgan fingerprint density at radius 3 is 2.23 bits per heavy atom. The fourth-order valence-corrected chi connectivity index (χ4v) is 3.63. The summed E-state index contributed by atoms with van der Waals surface area (Å²) >= 11 is 18.7. The predicted molar refractivity (Wildman–Crippen MR) is 121 cm³/mol. The maximum atomic E-state index is 13.1. The second kappa shape index (κ2) is 12.0. The summed E-state index contributed by atoms with van der Waals surface area (Å²) in [6.45, 7) is 4.15. The van der Waals surface area contributed by atoms with Gasteiger partial charge in [0, 0.05) is 28.7 Å². The van der Waals surface area contributed by atoms with E-state index in [0.29, 0.717) is 39.3 Å². The number of halogens is 3. The Morgan fingerprint density at radius 2 is 1.63 bits per heavy atom. The van der Waals surface area contributed by atoms with E-state index in [0.717, 1.165) is 6.42 Å². The van der Waals surface area contributed by atoms with E-state index >= 15 is 0 Å². The maximum Gasteiger partial charge on any atom is 0.261 e. The first-order valence-electron chi connectivity index (χ1n) is 9.76. The zero-order chi connectivity index (χ0) is 22.1. The molecule has 162 valence electrons. The molecule has 0 unspecified atom stereocenters. The molecule has 0 saturated heterocycles. The van der Waals surface area contributed by atoms with Crippen LogP contribution in [0.25, 0.3) is 0 Å². The van der Waals surface area contributed by atoms with Gasteiger partial charge >= 0.3 is 0 Å². The molecule has 0 aromatic heterocycles. The van der Waals surface area contributed by atoms with Crippen molar-refractivity contribution in [3.63, 3.8) is 0 Å². The molecule has 0 heterocycles. The second-order valence-electron chi connectivity index (χ2n) is 6.66. The highest BCUT2D eigenvalue weighted by Crippen LogP contribution is 2.27. The molecule has 5 nitrogen and oxygen atoms in total. The number of hydrogen-bond donors (Lipinski definition) is 1. The smallest absolute Gasteiger partial charge is 0.261 e. The fourth-order valence-electron chi connectivity index (χ4n) is 2.92. The number of para-hydroxylation sites is 1. The van der Waals surface area contributed by atoms with Gasteiger partial charge in [-0.2, -0.15) is 0 Å². The lowest BCUT2D eigenvalue weighted by atomic mass is 10.1. The van der Waals surface area contributed by atoms with Crippen molar-refractivity contribution in [3.8, 4) is 5.75 Å². The first-order chi connectivity index (χ1) is 14.4. The number of carbonyl (C=O) groups is 2. The van der Waals surface area contributed by atoms with Gasteiger partial charge in [0.1, 0.15) is 11.8 Å². The molecule has 0 saturated carbocycles. The van der Waals surface area contributed by atoms with Gasteiger partial charge in [0.15, 0.2) is 6.61 Å². The molecular formula is C22H25Cl3N2O3. The van der Waals surface area contributed by atoms with Gasteiger partial charge in [-0.1, -0.05) is 66.8 Å². The van der Waals surface area contributed by atoms with E-state index in [1.807, 2.05) is 13.8 Å². The third-order valence-corrected chi connectivity index (χ3v) is 5.53. The van der Waals surface area contributed by atoms with Gasteiger partial charge in [-0.3, -0.25) is 9.59 Å². The van der Waals surface area contributed by atoms with Crippen LogP contribution in [0.5, 0.6) is 5.75 Å². The molecule has 0 aliphatic heterocycles. The minimum absolute atomic E-state index is 0.0846. The van der Waals surface area contributed by atoms with E-state index in [1.165, 1.54) is 4.90 Å². The van der Waals surface area contributed by atoms with Crippen LogP contribution in [0.1, 0.15) is 32.3 Å². The van der Waals surface area contributed by atoms with Gasteiger partial charge in [-0.25, -0.2) is 0 Å². The zero-order valence-corrected chi connectivity index (χ0v) is 19.2. The van der Waals surface area contributed by atoms with Gasteiger partial charge in [0.05, 0.1) is 5.02 Å². The lowest BCUT2D eigenvalue weighted by molar-refractivity contribution is -0.143. The highest BCUT2D eigenvalue weighted by atomic mass is 35.5.